The van der Waals surface area contributed by atoms with E-state index in [4.69, 9.17) is 5.11 Å². The molecule has 1 aliphatic carbocycles. The third-order valence-corrected chi connectivity index (χ3v) is 6.43. The fourth-order valence-corrected chi connectivity index (χ4v) is 4.29. The highest BCUT2D eigenvalue weighted by Crippen LogP contribution is 2.33. The van der Waals surface area contributed by atoms with E-state index in [9.17, 15) is 24.9 Å². The van der Waals surface area contributed by atoms with E-state index in [0.29, 0.717) is 25.7 Å². The van der Waals surface area contributed by atoms with Gasteiger partial charge >= 0.3 is 0 Å². The molecule has 0 aromatic heterocycles. The zero-order valence-corrected chi connectivity index (χ0v) is 18.8. The van der Waals surface area contributed by atoms with Gasteiger partial charge in [0.1, 0.15) is 5.78 Å². The highest BCUT2D eigenvalue weighted by molar-refractivity contribution is 8.13. The van der Waals surface area contributed by atoms with Gasteiger partial charge in [-0.2, -0.15) is 0 Å². The van der Waals surface area contributed by atoms with Crippen LogP contribution in [0.1, 0.15) is 64.7 Å². The van der Waals surface area contributed by atoms with Crippen molar-refractivity contribution in [2.24, 2.45) is 11.8 Å². The maximum absolute atomic E-state index is 12.2. The summed E-state index contributed by atoms with van der Waals surface area (Å²) in [7, 11) is 0. The summed E-state index contributed by atoms with van der Waals surface area (Å²) < 4.78 is 0. The van der Waals surface area contributed by atoms with Crippen LogP contribution < -0.4 is 0 Å². The molecule has 30 heavy (non-hydrogen) atoms. The third kappa shape index (κ3) is 10.9. The molecule has 0 heterocycles. The predicted octanol–water partition coefficient (Wildman–Crippen LogP) is 2.78. The SMILES string of the molecule is CCCCC[C@H](O)/C=C/[C@H]1[C@H](O)CC(=O)[C@@H]1C/C=C\CCCC(=O)SCC(O)CO. The second-order valence-corrected chi connectivity index (χ2v) is 9.07. The number of aliphatic hydroxyl groups is 4. The zero-order chi connectivity index (χ0) is 22.4. The molecular weight excluding hydrogens is 404 g/mol. The molecule has 0 amide bonds. The van der Waals surface area contributed by atoms with Crippen molar-refractivity contribution < 1.29 is 30.0 Å². The summed E-state index contributed by atoms with van der Waals surface area (Å²) in [4.78, 5) is 23.9. The van der Waals surface area contributed by atoms with E-state index in [-0.39, 0.29) is 41.5 Å². The van der Waals surface area contributed by atoms with Crippen LogP contribution in [0.15, 0.2) is 24.3 Å². The van der Waals surface area contributed by atoms with E-state index in [2.05, 4.69) is 6.92 Å². The molecule has 0 radical (unpaired) electrons. The van der Waals surface area contributed by atoms with Gasteiger partial charge in [-0.15, -0.1) is 0 Å². The Morgan fingerprint density at radius 1 is 1.23 bits per heavy atom. The van der Waals surface area contributed by atoms with Crippen molar-refractivity contribution in [3.63, 3.8) is 0 Å². The quantitative estimate of drug-likeness (QED) is 0.228. The summed E-state index contributed by atoms with van der Waals surface area (Å²) in [6.45, 7) is 1.77. The van der Waals surface area contributed by atoms with Gasteiger partial charge in [-0.3, -0.25) is 9.59 Å². The van der Waals surface area contributed by atoms with Crippen LogP contribution in [0.2, 0.25) is 0 Å². The van der Waals surface area contributed by atoms with E-state index in [1.165, 1.54) is 0 Å². The van der Waals surface area contributed by atoms with Crippen LogP contribution in [-0.2, 0) is 9.59 Å². The predicted molar refractivity (Wildman–Crippen MR) is 120 cm³/mol. The van der Waals surface area contributed by atoms with Crippen LogP contribution >= 0.6 is 11.8 Å². The van der Waals surface area contributed by atoms with Gasteiger partial charge in [0.25, 0.3) is 0 Å². The molecule has 0 aromatic rings. The van der Waals surface area contributed by atoms with Crippen LogP contribution in [-0.4, -0.2) is 62.0 Å². The summed E-state index contributed by atoms with van der Waals surface area (Å²) in [5, 5.41) is 38.2. The number of unbranched alkanes of at least 4 members (excludes halogenated alkanes) is 3. The van der Waals surface area contributed by atoms with Crippen molar-refractivity contribution in [2.75, 3.05) is 12.4 Å². The van der Waals surface area contributed by atoms with Crippen molar-refractivity contribution in [3.8, 4) is 0 Å². The molecule has 0 aliphatic heterocycles. The van der Waals surface area contributed by atoms with Crippen LogP contribution in [0.3, 0.4) is 0 Å². The van der Waals surface area contributed by atoms with Gasteiger partial charge in [0.15, 0.2) is 5.12 Å². The number of carbonyl (C=O) groups excluding carboxylic acids is 2. The molecule has 7 heteroatoms. The second kappa shape index (κ2) is 15.8. The van der Waals surface area contributed by atoms with E-state index in [0.717, 1.165) is 37.4 Å². The monoisotopic (exact) mass is 442 g/mol. The number of rotatable bonds is 15. The lowest BCUT2D eigenvalue weighted by Gasteiger charge is -2.16. The second-order valence-electron chi connectivity index (χ2n) is 7.99. The minimum Gasteiger partial charge on any atom is -0.394 e. The average molecular weight is 443 g/mol. The van der Waals surface area contributed by atoms with Gasteiger partial charge in [0, 0.05) is 30.4 Å². The van der Waals surface area contributed by atoms with Crippen molar-refractivity contribution in [1.29, 1.82) is 0 Å². The maximum Gasteiger partial charge on any atom is 0.189 e. The largest absolute Gasteiger partial charge is 0.394 e. The number of ketones is 1. The molecule has 1 aliphatic rings. The van der Waals surface area contributed by atoms with E-state index >= 15 is 0 Å². The summed E-state index contributed by atoms with van der Waals surface area (Å²) >= 11 is 1.03. The number of Topliss-reactive ketones (excluding diaryl/α,β-unsaturated/α-hetero) is 1. The average Bonchev–Trinajstić information content (AvgIpc) is 2.99. The Morgan fingerprint density at radius 3 is 2.70 bits per heavy atom. The topological polar surface area (TPSA) is 115 Å². The van der Waals surface area contributed by atoms with E-state index in [1.807, 2.05) is 12.2 Å². The Labute approximate surface area is 184 Å². The van der Waals surface area contributed by atoms with E-state index < -0.39 is 18.3 Å². The minimum atomic E-state index is -0.863. The van der Waals surface area contributed by atoms with Crippen molar-refractivity contribution in [3.05, 3.63) is 24.3 Å². The molecule has 1 saturated carbocycles. The molecule has 1 fully saturated rings. The maximum atomic E-state index is 12.2. The first-order chi connectivity index (χ1) is 14.4. The zero-order valence-electron chi connectivity index (χ0n) is 18.0. The third-order valence-electron chi connectivity index (χ3n) is 5.35. The molecule has 4 N–H and O–H groups in total. The lowest BCUT2D eigenvalue weighted by molar-refractivity contribution is -0.121. The molecule has 0 spiro atoms. The Balaban J connectivity index is 2.37. The molecule has 0 saturated heterocycles. The van der Waals surface area contributed by atoms with Gasteiger partial charge < -0.3 is 20.4 Å². The first-order valence-electron chi connectivity index (χ1n) is 11.1. The summed E-state index contributed by atoms with van der Waals surface area (Å²) in [6, 6.07) is 0. The van der Waals surface area contributed by atoms with Gasteiger partial charge in [-0.1, -0.05) is 62.3 Å². The summed E-state index contributed by atoms with van der Waals surface area (Å²) in [5.74, 6) is -0.276. The standard InChI is InChI=1S/C23H38O6S/c1-2-3-6-9-17(25)12-13-20-19(21(27)14-22(20)28)10-7-4-5-8-11-23(29)30-16-18(26)15-24/h4,7,12-13,17-20,22,24-26,28H,2-3,5-6,8-11,14-16H2,1H3/b7-4-,13-12+/t17-,18?,19+,20+,22+/m0/s1. The van der Waals surface area contributed by atoms with Crippen LogP contribution in [0, 0.1) is 11.8 Å². The fourth-order valence-electron chi connectivity index (χ4n) is 3.52. The number of allylic oxidation sites excluding steroid dienone is 2. The number of hydrogen-bond donors (Lipinski definition) is 4. The molecule has 172 valence electrons. The van der Waals surface area contributed by atoms with Crippen LogP contribution in [0.5, 0.6) is 0 Å². The van der Waals surface area contributed by atoms with Gasteiger partial charge in [0.05, 0.1) is 24.9 Å². The highest BCUT2D eigenvalue weighted by atomic mass is 32.2. The molecule has 6 nitrogen and oxygen atoms in total. The molecule has 5 atom stereocenters. The Morgan fingerprint density at radius 2 is 2.00 bits per heavy atom. The van der Waals surface area contributed by atoms with Crippen molar-refractivity contribution >= 4 is 22.7 Å². The smallest absolute Gasteiger partial charge is 0.189 e. The number of hydrogen-bond acceptors (Lipinski definition) is 7. The lowest BCUT2D eigenvalue weighted by Crippen LogP contribution is -2.18. The van der Waals surface area contributed by atoms with Gasteiger partial charge in [-0.05, 0) is 25.7 Å². The molecule has 1 unspecified atom stereocenters. The van der Waals surface area contributed by atoms with Crippen molar-refractivity contribution in [2.45, 2.75) is 83.0 Å². The first kappa shape index (κ1) is 27.0. The minimum absolute atomic E-state index is 0.00677. The lowest BCUT2D eigenvalue weighted by atomic mass is 9.90. The molecule has 0 bridgehead atoms. The van der Waals surface area contributed by atoms with Gasteiger partial charge in [-0.25, -0.2) is 0 Å². The highest BCUT2D eigenvalue weighted by Gasteiger charge is 2.39. The van der Waals surface area contributed by atoms with Crippen LogP contribution in [0.25, 0.3) is 0 Å². The van der Waals surface area contributed by atoms with Crippen molar-refractivity contribution in [1.82, 2.24) is 0 Å². The van der Waals surface area contributed by atoms with E-state index in [1.54, 1.807) is 12.2 Å². The number of carbonyl (C=O) groups is 2. The molecular formula is C23H38O6S. The first-order valence-corrected chi connectivity index (χ1v) is 12.0. The number of thioether (sulfide) groups is 1. The Kier molecular flexibility index (Phi) is 14.2. The normalized spacial score (nSPS) is 24.2. The van der Waals surface area contributed by atoms with Crippen LogP contribution in [0.4, 0.5) is 0 Å². The van der Waals surface area contributed by atoms with Gasteiger partial charge in [0.2, 0.25) is 0 Å². The summed E-state index contributed by atoms with van der Waals surface area (Å²) in [5.41, 5.74) is 0. The molecule has 0 aromatic carbocycles. The fraction of sp³-hybridized carbons (Fsp3) is 0.739. The molecule has 1 rings (SSSR count). The summed E-state index contributed by atoms with van der Waals surface area (Å²) in [6.07, 6.45) is 11.7. The Hall–Kier alpha value is -0.990. The Bertz CT molecular complexity index is 562. The number of aliphatic hydroxyl groups excluding tert-OH is 4.